The number of rotatable bonds is 18. The maximum absolute atomic E-state index is 13.0. The Morgan fingerprint density at radius 1 is 1.10 bits per heavy atom. The second kappa shape index (κ2) is 17.7. The summed E-state index contributed by atoms with van der Waals surface area (Å²) in [5.74, 6) is 1.67. The van der Waals surface area contributed by atoms with Gasteiger partial charge in [-0.1, -0.05) is 33.8 Å². The molecular weight excluding hydrogens is 500 g/mol. The number of amides is 1. The lowest BCUT2D eigenvalue weighted by Gasteiger charge is -2.30. The number of hydrogen-bond acceptors (Lipinski definition) is 8. The van der Waals surface area contributed by atoms with Gasteiger partial charge in [-0.2, -0.15) is 0 Å². The van der Waals surface area contributed by atoms with Gasteiger partial charge in [-0.25, -0.2) is 0 Å². The van der Waals surface area contributed by atoms with Crippen LogP contribution in [0.2, 0.25) is 0 Å². The van der Waals surface area contributed by atoms with Gasteiger partial charge in [0.2, 0.25) is 5.91 Å². The Morgan fingerprint density at radius 2 is 1.87 bits per heavy atom. The monoisotopic (exact) mass is 552 g/mol. The molecule has 39 heavy (non-hydrogen) atoms. The van der Waals surface area contributed by atoms with Gasteiger partial charge in [0.15, 0.2) is 11.5 Å². The number of ether oxygens (including phenoxy) is 5. The van der Waals surface area contributed by atoms with E-state index in [2.05, 4.69) is 25.2 Å². The second-order valence-electron chi connectivity index (χ2n) is 11.3. The number of nitrogens with two attached hydrogens (primary N) is 1. The van der Waals surface area contributed by atoms with Crippen LogP contribution in [0.4, 0.5) is 0 Å². The van der Waals surface area contributed by atoms with E-state index in [9.17, 15) is 9.90 Å². The molecule has 0 radical (unpaired) electrons. The molecule has 4 N–H and O–H groups in total. The quantitative estimate of drug-likeness (QED) is 0.238. The van der Waals surface area contributed by atoms with Gasteiger partial charge in [-0.05, 0) is 54.7 Å². The van der Waals surface area contributed by atoms with E-state index in [-0.39, 0.29) is 29.8 Å². The first-order valence-electron chi connectivity index (χ1n) is 14.4. The highest BCUT2D eigenvalue weighted by atomic mass is 16.6. The van der Waals surface area contributed by atoms with Crippen molar-refractivity contribution in [3.63, 3.8) is 0 Å². The van der Waals surface area contributed by atoms with Crippen LogP contribution in [-0.2, 0) is 25.4 Å². The van der Waals surface area contributed by atoms with Crippen LogP contribution in [0.1, 0.15) is 52.5 Å². The van der Waals surface area contributed by atoms with Gasteiger partial charge in [-0.3, -0.25) is 4.79 Å². The molecule has 1 fully saturated rings. The first-order chi connectivity index (χ1) is 18.7. The molecule has 1 saturated heterocycles. The first kappa shape index (κ1) is 33.3. The molecule has 224 valence electrons. The summed E-state index contributed by atoms with van der Waals surface area (Å²) in [6.45, 7) is 11.5. The first-order valence-corrected chi connectivity index (χ1v) is 14.4. The molecule has 0 bridgehead atoms. The summed E-state index contributed by atoms with van der Waals surface area (Å²) >= 11 is 0. The maximum Gasteiger partial charge on any atom is 0.223 e. The third-order valence-electron chi connectivity index (χ3n) is 7.51. The van der Waals surface area contributed by atoms with E-state index in [0.717, 1.165) is 18.4 Å². The van der Waals surface area contributed by atoms with E-state index >= 15 is 0 Å². The number of methoxy groups -OCH3 is 2. The second-order valence-corrected chi connectivity index (χ2v) is 11.3. The predicted octanol–water partition coefficient (Wildman–Crippen LogP) is 3.20. The van der Waals surface area contributed by atoms with Crippen LogP contribution in [0.5, 0.6) is 11.5 Å². The van der Waals surface area contributed by atoms with Crippen LogP contribution >= 0.6 is 0 Å². The third kappa shape index (κ3) is 11.6. The smallest absolute Gasteiger partial charge is 0.223 e. The molecule has 1 aliphatic heterocycles. The summed E-state index contributed by atoms with van der Waals surface area (Å²) in [7, 11) is 3.31. The lowest BCUT2D eigenvalue weighted by Crippen LogP contribution is -2.45. The number of aliphatic hydroxyl groups excluding tert-OH is 1. The molecule has 9 nitrogen and oxygen atoms in total. The minimum absolute atomic E-state index is 0.0675. The number of hydrogen-bond donors (Lipinski definition) is 3. The Kier molecular flexibility index (Phi) is 15.1. The van der Waals surface area contributed by atoms with E-state index in [1.54, 1.807) is 14.2 Å². The highest BCUT2D eigenvalue weighted by molar-refractivity contribution is 5.78. The maximum atomic E-state index is 13.0. The molecule has 0 aliphatic carbocycles. The third-order valence-corrected chi connectivity index (χ3v) is 7.51. The number of benzene rings is 1. The molecular formula is C30H52N2O7. The van der Waals surface area contributed by atoms with E-state index in [4.69, 9.17) is 29.4 Å². The van der Waals surface area contributed by atoms with Crippen molar-refractivity contribution in [2.75, 3.05) is 53.8 Å². The largest absolute Gasteiger partial charge is 0.493 e. The summed E-state index contributed by atoms with van der Waals surface area (Å²) in [6.07, 6.45) is 1.64. The average Bonchev–Trinajstić information content (AvgIpc) is 2.92. The van der Waals surface area contributed by atoms with Crippen LogP contribution < -0.4 is 20.5 Å². The molecule has 0 spiro atoms. The van der Waals surface area contributed by atoms with Crippen LogP contribution in [0.15, 0.2) is 18.2 Å². The molecule has 5 atom stereocenters. The van der Waals surface area contributed by atoms with Gasteiger partial charge in [0.1, 0.15) is 0 Å². The van der Waals surface area contributed by atoms with Crippen molar-refractivity contribution in [3.8, 4) is 11.5 Å². The molecule has 1 heterocycles. The Balaban J connectivity index is 1.97. The molecule has 9 heteroatoms. The minimum atomic E-state index is -0.783. The molecule has 1 aromatic carbocycles. The highest BCUT2D eigenvalue weighted by Gasteiger charge is 2.30. The summed E-state index contributed by atoms with van der Waals surface area (Å²) in [4.78, 5) is 13.0. The number of carbonyl (C=O) groups excluding carboxylic acids is 1. The molecule has 1 amide bonds. The van der Waals surface area contributed by atoms with Crippen molar-refractivity contribution in [3.05, 3.63) is 23.8 Å². The van der Waals surface area contributed by atoms with E-state index in [1.165, 1.54) is 0 Å². The van der Waals surface area contributed by atoms with Crippen molar-refractivity contribution in [2.24, 2.45) is 29.4 Å². The van der Waals surface area contributed by atoms with Gasteiger partial charge in [0.05, 0.1) is 45.7 Å². The fourth-order valence-electron chi connectivity index (χ4n) is 4.86. The predicted molar refractivity (Wildman–Crippen MR) is 152 cm³/mol. The number of carbonyl (C=O) groups is 1. The van der Waals surface area contributed by atoms with E-state index in [0.29, 0.717) is 69.8 Å². The molecule has 1 aliphatic rings. The lowest BCUT2D eigenvalue weighted by atomic mass is 9.81. The highest BCUT2D eigenvalue weighted by Crippen LogP contribution is 2.31. The fourth-order valence-corrected chi connectivity index (χ4v) is 4.86. The molecule has 0 saturated carbocycles. The fraction of sp³-hybridized carbons (Fsp3) is 0.767. The number of nitrogens with one attached hydrogen (secondary N) is 1. The van der Waals surface area contributed by atoms with Gasteiger partial charge in [0, 0.05) is 38.6 Å². The van der Waals surface area contributed by atoms with Crippen LogP contribution in [0, 0.1) is 23.7 Å². The number of aliphatic hydroxyl groups is 1. The zero-order chi connectivity index (χ0) is 28.8. The Hall–Kier alpha value is -1.91. The standard InChI is InChI=1S/C30H52N2O7/c1-20(2)23(14-22-8-9-28(36-6)29(15-22)39-11-7-10-35-5)16-26(31)27(33)17-25(21(3)4)30(34)32-18-24-19-37-12-13-38-24/h8-9,15,20-21,23-27,33H,7,10-14,16-19,31H2,1-6H3,(H,32,34)/t23-,24-,25-,26-,27-/m0/s1. The molecule has 0 unspecified atom stereocenters. The summed E-state index contributed by atoms with van der Waals surface area (Å²) in [5, 5.41) is 14.0. The lowest BCUT2D eigenvalue weighted by molar-refractivity contribution is -0.130. The van der Waals surface area contributed by atoms with Crippen LogP contribution in [0.3, 0.4) is 0 Å². The molecule has 1 aromatic rings. The average molecular weight is 553 g/mol. The minimum Gasteiger partial charge on any atom is -0.493 e. The van der Waals surface area contributed by atoms with Crippen molar-refractivity contribution in [1.82, 2.24) is 5.32 Å². The van der Waals surface area contributed by atoms with Crippen molar-refractivity contribution in [1.29, 1.82) is 0 Å². The van der Waals surface area contributed by atoms with Gasteiger partial charge < -0.3 is 39.8 Å². The van der Waals surface area contributed by atoms with E-state index < -0.39 is 12.1 Å². The topological polar surface area (TPSA) is 122 Å². The van der Waals surface area contributed by atoms with Crippen LogP contribution in [-0.4, -0.2) is 83.1 Å². The Morgan fingerprint density at radius 3 is 2.49 bits per heavy atom. The Bertz CT molecular complexity index is 830. The van der Waals surface area contributed by atoms with Crippen molar-refractivity contribution in [2.45, 2.75) is 71.6 Å². The van der Waals surface area contributed by atoms with E-state index in [1.807, 2.05) is 26.0 Å². The van der Waals surface area contributed by atoms with Crippen molar-refractivity contribution >= 4 is 5.91 Å². The Labute approximate surface area is 235 Å². The van der Waals surface area contributed by atoms with Crippen LogP contribution in [0.25, 0.3) is 0 Å². The van der Waals surface area contributed by atoms with Gasteiger partial charge in [0.25, 0.3) is 0 Å². The zero-order valence-electron chi connectivity index (χ0n) is 24.8. The summed E-state index contributed by atoms with van der Waals surface area (Å²) in [6, 6.07) is 5.58. The van der Waals surface area contributed by atoms with Gasteiger partial charge >= 0.3 is 0 Å². The van der Waals surface area contributed by atoms with Crippen molar-refractivity contribution < 1.29 is 33.6 Å². The zero-order valence-corrected chi connectivity index (χ0v) is 24.8. The summed E-state index contributed by atoms with van der Waals surface area (Å²) < 4.78 is 27.6. The van der Waals surface area contributed by atoms with Gasteiger partial charge in [-0.15, -0.1) is 0 Å². The molecule has 2 rings (SSSR count). The SMILES string of the molecule is COCCCOc1cc(C[C@@H](C[C@H](N)[C@@H](O)C[C@H](C(=O)NC[C@H]2COCCO2)C(C)C)C(C)C)ccc1OC. The normalized spacial score (nSPS) is 19.0. The summed E-state index contributed by atoms with van der Waals surface area (Å²) in [5.41, 5.74) is 7.67. The molecule has 0 aromatic heterocycles.